The van der Waals surface area contributed by atoms with Crippen LogP contribution in [-0.4, -0.2) is 72.6 Å². The lowest BCUT2D eigenvalue weighted by atomic mass is 9.62. The van der Waals surface area contributed by atoms with Crippen LogP contribution in [0.4, 0.5) is 0 Å². The molecule has 2 atom stereocenters. The van der Waals surface area contributed by atoms with E-state index in [9.17, 15) is 9.59 Å². The van der Waals surface area contributed by atoms with Crippen molar-refractivity contribution in [3.8, 4) is 11.5 Å². The average molecular weight is 456 g/mol. The second kappa shape index (κ2) is 8.58. The van der Waals surface area contributed by atoms with Crippen LogP contribution in [0.15, 0.2) is 18.2 Å². The van der Waals surface area contributed by atoms with Gasteiger partial charge in [0.2, 0.25) is 18.6 Å². The zero-order chi connectivity index (χ0) is 23.2. The van der Waals surface area contributed by atoms with Crippen molar-refractivity contribution in [2.24, 2.45) is 16.7 Å². The summed E-state index contributed by atoms with van der Waals surface area (Å²) in [6.45, 7) is 13.3. The van der Waals surface area contributed by atoms with Crippen LogP contribution in [-0.2, 0) is 16.1 Å². The Morgan fingerprint density at radius 1 is 0.939 bits per heavy atom. The Morgan fingerprint density at radius 3 is 2.42 bits per heavy atom. The van der Waals surface area contributed by atoms with E-state index in [4.69, 9.17) is 9.47 Å². The lowest BCUT2D eigenvalue weighted by molar-refractivity contribution is -0.167. The topological polar surface area (TPSA) is 62.3 Å². The molecule has 2 saturated heterocycles. The largest absolute Gasteiger partial charge is 0.454 e. The molecule has 0 N–H and O–H groups in total. The van der Waals surface area contributed by atoms with Gasteiger partial charge < -0.3 is 14.4 Å². The van der Waals surface area contributed by atoms with E-state index in [2.05, 4.69) is 42.7 Å². The van der Waals surface area contributed by atoms with Gasteiger partial charge >= 0.3 is 0 Å². The molecule has 5 rings (SSSR count). The van der Waals surface area contributed by atoms with E-state index in [0.29, 0.717) is 13.3 Å². The Kier molecular flexibility index (Phi) is 5.90. The molecule has 1 aromatic rings. The van der Waals surface area contributed by atoms with Crippen LogP contribution < -0.4 is 9.47 Å². The summed E-state index contributed by atoms with van der Waals surface area (Å²) in [5.74, 6) is 1.81. The second-order valence-electron chi connectivity index (χ2n) is 11.0. The number of benzene rings is 1. The van der Waals surface area contributed by atoms with Crippen molar-refractivity contribution in [3.05, 3.63) is 23.8 Å². The summed E-state index contributed by atoms with van der Waals surface area (Å²) in [6, 6.07) is 6.21. The molecule has 1 saturated carbocycles. The van der Waals surface area contributed by atoms with Gasteiger partial charge in [-0.25, -0.2) is 0 Å². The first-order valence-corrected chi connectivity index (χ1v) is 12.5. The van der Waals surface area contributed by atoms with Crippen molar-refractivity contribution >= 4 is 11.8 Å². The molecule has 4 aliphatic rings. The third-order valence-corrected chi connectivity index (χ3v) is 8.92. The number of nitrogens with zero attached hydrogens (tertiary/aromatic N) is 3. The van der Waals surface area contributed by atoms with Crippen molar-refractivity contribution in [1.82, 2.24) is 14.7 Å². The Hall–Kier alpha value is -2.12. The van der Waals surface area contributed by atoms with Gasteiger partial charge in [-0.05, 0) is 55.3 Å². The Bertz CT molecular complexity index is 924. The van der Waals surface area contributed by atoms with Gasteiger partial charge in [-0.2, -0.15) is 0 Å². The molecule has 1 aromatic carbocycles. The van der Waals surface area contributed by atoms with Crippen LogP contribution in [0.2, 0.25) is 0 Å². The zero-order valence-electron chi connectivity index (χ0n) is 20.3. The molecule has 180 valence electrons. The van der Waals surface area contributed by atoms with Crippen LogP contribution >= 0.6 is 0 Å². The molecule has 7 heteroatoms. The van der Waals surface area contributed by atoms with Crippen LogP contribution in [0.1, 0.15) is 52.0 Å². The molecule has 2 unspecified atom stereocenters. The van der Waals surface area contributed by atoms with E-state index < -0.39 is 0 Å². The minimum atomic E-state index is -0.389. The van der Waals surface area contributed by atoms with E-state index in [1.807, 2.05) is 6.07 Å². The summed E-state index contributed by atoms with van der Waals surface area (Å²) in [5, 5.41) is 0. The van der Waals surface area contributed by atoms with Crippen molar-refractivity contribution in [2.75, 3.05) is 46.1 Å². The molecule has 3 heterocycles. The number of imide groups is 1. The number of carbonyl (C=O) groups excluding carboxylic acids is 2. The Morgan fingerprint density at radius 2 is 1.64 bits per heavy atom. The highest BCUT2D eigenvalue weighted by atomic mass is 16.7. The van der Waals surface area contributed by atoms with Crippen LogP contribution in [0, 0.1) is 16.7 Å². The first kappa shape index (κ1) is 22.7. The van der Waals surface area contributed by atoms with Crippen LogP contribution in [0.25, 0.3) is 0 Å². The molecule has 0 radical (unpaired) electrons. The number of carbonyl (C=O) groups is 2. The fourth-order valence-corrected chi connectivity index (χ4v) is 6.19. The molecule has 0 aromatic heterocycles. The summed E-state index contributed by atoms with van der Waals surface area (Å²) in [4.78, 5) is 32.7. The average Bonchev–Trinajstić information content (AvgIpc) is 3.33. The van der Waals surface area contributed by atoms with Crippen LogP contribution in [0.3, 0.4) is 0 Å². The SMILES string of the molecule is CC12CCC(C(=O)N(CCCCN3CCN(Cc4ccc5c(c4)OCO5)CC3)C1=O)C2(C)C. The predicted molar refractivity (Wildman–Crippen MR) is 125 cm³/mol. The van der Waals surface area contributed by atoms with E-state index in [1.54, 1.807) is 4.90 Å². The van der Waals surface area contributed by atoms with E-state index >= 15 is 0 Å². The zero-order valence-corrected chi connectivity index (χ0v) is 20.3. The quantitative estimate of drug-likeness (QED) is 0.465. The molecule has 33 heavy (non-hydrogen) atoms. The normalized spacial score (nSPS) is 29.2. The number of piperazine rings is 1. The number of unbranched alkanes of at least 4 members (excludes halogenated alkanes) is 1. The third-order valence-electron chi connectivity index (χ3n) is 8.92. The maximum absolute atomic E-state index is 13.1. The summed E-state index contributed by atoms with van der Waals surface area (Å²) < 4.78 is 10.9. The number of hydrogen-bond acceptors (Lipinski definition) is 6. The number of rotatable bonds is 7. The first-order chi connectivity index (χ1) is 15.8. The Balaban J connectivity index is 1.04. The lowest BCUT2D eigenvalue weighted by Gasteiger charge is -2.47. The van der Waals surface area contributed by atoms with E-state index in [-0.39, 0.29) is 28.6 Å². The van der Waals surface area contributed by atoms with Gasteiger partial charge in [-0.1, -0.05) is 26.8 Å². The molecule has 7 nitrogen and oxygen atoms in total. The monoisotopic (exact) mass is 455 g/mol. The highest BCUT2D eigenvalue weighted by Crippen LogP contribution is 2.60. The molecule has 1 aliphatic carbocycles. The third kappa shape index (κ3) is 3.93. The molecule has 0 spiro atoms. The van der Waals surface area contributed by atoms with Crippen molar-refractivity contribution < 1.29 is 19.1 Å². The van der Waals surface area contributed by atoms with Crippen molar-refractivity contribution in [3.63, 3.8) is 0 Å². The van der Waals surface area contributed by atoms with E-state index in [0.717, 1.165) is 76.5 Å². The fraction of sp³-hybridized carbons (Fsp3) is 0.692. The molecule has 2 bridgehead atoms. The van der Waals surface area contributed by atoms with Gasteiger partial charge in [-0.3, -0.25) is 19.4 Å². The number of likely N-dealkylation sites (tertiary alicyclic amines) is 1. The summed E-state index contributed by atoms with van der Waals surface area (Å²) in [7, 11) is 0. The molecule has 2 amide bonds. The van der Waals surface area contributed by atoms with Crippen LogP contribution in [0.5, 0.6) is 11.5 Å². The van der Waals surface area contributed by atoms with E-state index in [1.165, 1.54) is 5.56 Å². The molecular formula is C26H37N3O4. The van der Waals surface area contributed by atoms with Gasteiger partial charge in [0.25, 0.3) is 0 Å². The summed E-state index contributed by atoms with van der Waals surface area (Å²) >= 11 is 0. The number of fused-ring (bicyclic) bond motifs is 3. The number of ether oxygens (including phenoxy) is 2. The van der Waals surface area contributed by atoms with Gasteiger partial charge in [0.15, 0.2) is 11.5 Å². The minimum Gasteiger partial charge on any atom is -0.454 e. The smallest absolute Gasteiger partial charge is 0.235 e. The van der Waals surface area contributed by atoms with Crippen molar-refractivity contribution in [1.29, 1.82) is 0 Å². The fourth-order valence-electron chi connectivity index (χ4n) is 6.19. The summed E-state index contributed by atoms with van der Waals surface area (Å²) in [5.41, 5.74) is 0.645. The lowest BCUT2D eigenvalue weighted by Crippen LogP contribution is -2.59. The Labute approximate surface area is 197 Å². The maximum Gasteiger partial charge on any atom is 0.235 e. The summed E-state index contributed by atoms with van der Waals surface area (Å²) in [6.07, 6.45) is 3.59. The van der Waals surface area contributed by atoms with Gasteiger partial charge in [0.05, 0.1) is 5.41 Å². The van der Waals surface area contributed by atoms with Crippen molar-refractivity contribution in [2.45, 2.75) is 53.0 Å². The molecular weight excluding hydrogens is 418 g/mol. The maximum atomic E-state index is 13.1. The molecule has 3 aliphatic heterocycles. The second-order valence-corrected chi connectivity index (χ2v) is 11.0. The standard InChI is InChI=1S/C26H37N3O4/c1-25(2)20-8-9-26(25,3)24(31)29(23(20)30)11-5-4-10-27-12-14-28(15-13-27)17-19-6-7-21-22(16-19)33-18-32-21/h6-7,16,20H,4-5,8-15,17-18H2,1-3H3. The van der Waals surface area contributed by atoms with Gasteiger partial charge in [-0.15, -0.1) is 0 Å². The number of hydrogen-bond donors (Lipinski definition) is 0. The highest BCUT2D eigenvalue weighted by Gasteiger charge is 2.64. The highest BCUT2D eigenvalue weighted by molar-refractivity contribution is 6.03. The van der Waals surface area contributed by atoms with Gasteiger partial charge in [0.1, 0.15) is 0 Å². The first-order valence-electron chi connectivity index (χ1n) is 12.5. The van der Waals surface area contributed by atoms with Gasteiger partial charge in [0, 0.05) is 45.2 Å². The predicted octanol–water partition coefficient (Wildman–Crippen LogP) is 3.12. The minimum absolute atomic E-state index is 0.00182. The number of piperidine rings is 1. The molecule has 3 fully saturated rings. The number of amides is 2.